The zero-order chi connectivity index (χ0) is 23.5. The van der Waals surface area contributed by atoms with E-state index in [2.05, 4.69) is 10.6 Å². The maximum absolute atomic E-state index is 12.9. The molecule has 1 amide bonds. The molecule has 0 aromatic heterocycles. The Bertz CT molecular complexity index is 1080. The fourth-order valence-corrected chi connectivity index (χ4v) is 4.25. The predicted octanol–water partition coefficient (Wildman–Crippen LogP) is -0.248. The molecule has 8 nitrogen and oxygen atoms in total. The van der Waals surface area contributed by atoms with Gasteiger partial charge in [-0.3, -0.25) is 9.59 Å². The summed E-state index contributed by atoms with van der Waals surface area (Å²) in [7, 11) is 0. The molecule has 0 radical (unpaired) electrons. The molecule has 0 saturated carbocycles. The number of benzene rings is 2. The van der Waals surface area contributed by atoms with Crippen LogP contribution >= 0.6 is 0 Å². The van der Waals surface area contributed by atoms with Crippen molar-refractivity contribution < 1.29 is 43.8 Å². The molecule has 1 heterocycles. The molecule has 2 aromatic carbocycles. The molecular weight excluding hydrogens is 429 g/mol. The number of phenols is 1. The summed E-state index contributed by atoms with van der Waals surface area (Å²) in [5.41, 5.74) is 1.53. The minimum absolute atomic E-state index is 0. The third kappa shape index (κ3) is 5.01. The summed E-state index contributed by atoms with van der Waals surface area (Å²) in [4.78, 5) is 26.8. The van der Waals surface area contributed by atoms with Gasteiger partial charge in [-0.1, -0.05) is 60.8 Å². The van der Waals surface area contributed by atoms with Gasteiger partial charge in [-0.2, -0.15) is 0 Å². The Hall–Kier alpha value is -2.76. The number of phenolic OH excluding ortho intramolecular Hbond substituents is 1. The molecule has 0 bridgehead atoms. The van der Waals surface area contributed by atoms with Gasteiger partial charge in [0.2, 0.25) is 0 Å². The number of Topliss-reactive ketones (excluding diaryl/α,β-unsaturated/α-hetero) is 1. The number of para-hydroxylation sites is 1. The van der Waals surface area contributed by atoms with E-state index in [0.717, 1.165) is 12.0 Å². The molecule has 2 aliphatic rings. The van der Waals surface area contributed by atoms with Crippen molar-refractivity contribution in [2.24, 2.45) is 5.92 Å². The number of hydrogen-bond acceptors (Lipinski definition) is 6. The van der Waals surface area contributed by atoms with Gasteiger partial charge < -0.3 is 30.9 Å². The number of nitrogens with zero attached hydrogens (tertiary/aromatic N) is 2. The number of carbonyl (C=O) groups excluding carboxylic acids is 2. The van der Waals surface area contributed by atoms with Gasteiger partial charge in [0.15, 0.2) is 11.9 Å². The van der Waals surface area contributed by atoms with Gasteiger partial charge in [0.1, 0.15) is 5.75 Å². The fraction of sp³-hybridized carbons (Fsp3) is 0.360. The summed E-state index contributed by atoms with van der Waals surface area (Å²) in [5.74, 6) is -1.16. The van der Waals surface area contributed by atoms with Crippen LogP contribution in [0.15, 0.2) is 59.9 Å². The van der Waals surface area contributed by atoms with Gasteiger partial charge in [-0.05, 0) is 24.5 Å². The van der Waals surface area contributed by atoms with Crippen LogP contribution in [0.4, 0.5) is 5.69 Å². The first-order chi connectivity index (χ1) is 15.9. The number of ketones is 1. The van der Waals surface area contributed by atoms with Gasteiger partial charge in [0, 0.05) is 31.3 Å². The van der Waals surface area contributed by atoms with Crippen LogP contribution in [-0.4, -0.2) is 57.7 Å². The topological polar surface area (TPSA) is 124 Å². The smallest absolute Gasteiger partial charge is 0.650 e. The molecular formula is C25H28LiN3O5. The van der Waals surface area contributed by atoms with E-state index < -0.39 is 11.9 Å². The van der Waals surface area contributed by atoms with Crippen LogP contribution < -0.4 is 24.2 Å². The van der Waals surface area contributed by atoms with Gasteiger partial charge in [0.05, 0.1) is 11.6 Å². The van der Waals surface area contributed by atoms with Crippen LogP contribution in [0.2, 0.25) is 0 Å². The van der Waals surface area contributed by atoms with E-state index in [-0.39, 0.29) is 66.0 Å². The van der Waals surface area contributed by atoms with Crippen molar-refractivity contribution in [3.05, 3.63) is 76.4 Å². The molecule has 174 valence electrons. The number of hydrogen-bond donors (Lipinski definition) is 4. The molecule has 4 rings (SSSR count). The summed E-state index contributed by atoms with van der Waals surface area (Å²) < 4.78 is 0. The number of rotatable bonds is 8. The van der Waals surface area contributed by atoms with E-state index in [4.69, 9.17) is 0 Å². The SMILES string of the molecule is CC[C@@H](NC1=C([N-]c2cccc(C(=O)N3CC[C@H](CO)C3)c2O)C(=O)C1O)c1ccccc1.[Li+]. The summed E-state index contributed by atoms with van der Waals surface area (Å²) in [6.07, 6.45) is 0.136. The molecule has 9 heteroatoms. The van der Waals surface area contributed by atoms with Gasteiger partial charge in [0.25, 0.3) is 5.91 Å². The monoisotopic (exact) mass is 457 g/mol. The third-order valence-corrected chi connectivity index (χ3v) is 6.26. The van der Waals surface area contributed by atoms with Crippen LogP contribution in [0.1, 0.15) is 41.7 Å². The summed E-state index contributed by atoms with van der Waals surface area (Å²) in [5, 5.41) is 37.8. The molecule has 34 heavy (non-hydrogen) atoms. The Labute approximate surface area is 210 Å². The van der Waals surface area contributed by atoms with Crippen molar-refractivity contribution in [1.29, 1.82) is 0 Å². The molecule has 1 saturated heterocycles. The first-order valence-electron chi connectivity index (χ1n) is 11.2. The van der Waals surface area contributed by atoms with Gasteiger partial charge >= 0.3 is 18.9 Å². The number of amides is 1. The molecule has 1 fully saturated rings. The van der Waals surface area contributed by atoms with Crippen LogP contribution in [0, 0.1) is 5.92 Å². The Morgan fingerprint density at radius 3 is 2.59 bits per heavy atom. The molecule has 1 unspecified atom stereocenters. The molecule has 1 aliphatic heterocycles. The first-order valence-corrected chi connectivity index (χ1v) is 11.2. The van der Waals surface area contributed by atoms with Crippen LogP contribution in [0.3, 0.4) is 0 Å². The number of aliphatic hydroxyl groups excluding tert-OH is 2. The quantitative estimate of drug-likeness (QED) is 0.406. The summed E-state index contributed by atoms with van der Waals surface area (Å²) in [6, 6.07) is 14.2. The summed E-state index contributed by atoms with van der Waals surface area (Å²) in [6.45, 7) is 2.95. The second-order valence-electron chi connectivity index (χ2n) is 8.42. The van der Waals surface area contributed by atoms with Crippen molar-refractivity contribution in [1.82, 2.24) is 10.2 Å². The zero-order valence-electron chi connectivity index (χ0n) is 19.4. The molecule has 3 atom stereocenters. The minimum Gasteiger partial charge on any atom is -0.650 e. The van der Waals surface area contributed by atoms with Crippen LogP contribution in [0.25, 0.3) is 5.32 Å². The molecule has 0 spiro atoms. The number of likely N-dealkylation sites (tertiary alicyclic amines) is 1. The first kappa shape index (κ1) is 25.9. The average molecular weight is 457 g/mol. The fourth-order valence-electron chi connectivity index (χ4n) is 4.25. The van der Waals surface area contributed by atoms with E-state index in [9.17, 15) is 24.9 Å². The predicted molar refractivity (Wildman–Crippen MR) is 123 cm³/mol. The standard InChI is InChI=1S/C25H28N3O5.Li/c1-2-18(16-7-4-3-5-8-16)26-20-21(24(32)23(20)31)27-19-10-6-9-17(22(19)30)25(33)28-12-11-15(13-28)14-29;/h3-10,15,18,23,29,31H,2,11-14H2,1H3,(H,26,32)(H,30,33);/q-1;+1/t15-,18+,23?;/m0./s1. The maximum Gasteiger partial charge on any atom is 1.00 e. The third-order valence-electron chi connectivity index (χ3n) is 6.26. The maximum atomic E-state index is 12.9. The van der Waals surface area contributed by atoms with E-state index >= 15 is 0 Å². The van der Waals surface area contributed by atoms with Crippen molar-refractivity contribution in [2.75, 3.05) is 19.7 Å². The van der Waals surface area contributed by atoms with Crippen molar-refractivity contribution in [3.63, 3.8) is 0 Å². The van der Waals surface area contributed by atoms with Gasteiger partial charge in [-0.15, -0.1) is 0 Å². The van der Waals surface area contributed by atoms with Crippen LogP contribution in [0.5, 0.6) is 5.75 Å². The van der Waals surface area contributed by atoms with Crippen LogP contribution in [-0.2, 0) is 4.79 Å². The van der Waals surface area contributed by atoms with E-state index in [1.807, 2.05) is 37.3 Å². The Morgan fingerprint density at radius 2 is 1.94 bits per heavy atom. The number of nitrogens with one attached hydrogen (secondary N) is 1. The van der Waals surface area contributed by atoms with E-state index in [1.54, 1.807) is 11.0 Å². The van der Waals surface area contributed by atoms with E-state index in [0.29, 0.717) is 25.2 Å². The second-order valence-corrected chi connectivity index (χ2v) is 8.42. The minimum atomic E-state index is -1.30. The largest absolute Gasteiger partial charge is 1.00 e. The molecule has 2 aromatic rings. The number of aliphatic hydroxyl groups is 2. The van der Waals surface area contributed by atoms with E-state index in [1.165, 1.54) is 12.1 Å². The summed E-state index contributed by atoms with van der Waals surface area (Å²) >= 11 is 0. The zero-order valence-corrected chi connectivity index (χ0v) is 19.4. The average Bonchev–Trinajstić information content (AvgIpc) is 3.34. The van der Waals surface area contributed by atoms with Gasteiger partial charge in [-0.25, -0.2) is 0 Å². The van der Waals surface area contributed by atoms with Crippen molar-refractivity contribution >= 4 is 17.4 Å². The number of carbonyl (C=O) groups is 2. The second kappa shape index (κ2) is 11.1. The Kier molecular flexibility index (Phi) is 8.45. The molecule has 4 N–H and O–H groups in total. The Balaban J connectivity index is 0.00000324. The Morgan fingerprint density at radius 1 is 1.21 bits per heavy atom. The molecule has 1 aliphatic carbocycles. The normalized spacial score (nSPS) is 20.4. The van der Waals surface area contributed by atoms with Crippen molar-refractivity contribution in [2.45, 2.75) is 31.9 Å². The number of aromatic hydroxyl groups is 1. The van der Waals surface area contributed by atoms with Crippen molar-refractivity contribution in [3.8, 4) is 5.75 Å².